The van der Waals surface area contributed by atoms with Gasteiger partial charge in [0.15, 0.2) is 11.5 Å². The Hall–Kier alpha value is -3.32. The summed E-state index contributed by atoms with van der Waals surface area (Å²) in [5.41, 5.74) is 1.98. The highest BCUT2D eigenvalue weighted by molar-refractivity contribution is 6.30. The van der Waals surface area contributed by atoms with E-state index in [1.54, 1.807) is 55.5 Å². The van der Waals surface area contributed by atoms with E-state index in [0.29, 0.717) is 33.9 Å². The zero-order chi connectivity index (χ0) is 23.3. The molecule has 0 atom stereocenters. The van der Waals surface area contributed by atoms with E-state index in [0.717, 1.165) is 11.1 Å². The second-order valence-electron chi connectivity index (χ2n) is 7.34. The largest absolute Gasteiger partial charge is 0.493 e. The molecule has 0 aliphatic carbocycles. The van der Waals surface area contributed by atoms with Gasteiger partial charge in [-0.3, -0.25) is 4.79 Å². The molecule has 0 unspecified atom stereocenters. The maximum absolute atomic E-state index is 13.4. The van der Waals surface area contributed by atoms with Crippen LogP contribution in [0.1, 0.15) is 42.6 Å². The summed E-state index contributed by atoms with van der Waals surface area (Å²) in [6, 6.07) is 10.5. The molecule has 0 N–H and O–H groups in total. The van der Waals surface area contributed by atoms with Gasteiger partial charge in [0.25, 0.3) is 5.91 Å². The zero-order valence-electron chi connectivity index (χ0n) is 18.8. The summed E-state index contributed by atoms with van der Waals surface area (Å²) in [6.45, 7) is 5.93. The van der Waals surface area contributed by atoms with Crippen LogP contribution in [0.3, 0.4) is 0 Å². The molecule has 2 aromatic carbocycles. The highest BCUT2D eigenvalue weighted by Gasteiger charge is 2.24. The van der Waals surface area contributed by atoms with E-state index in [4.69, 9.17) is 25.5 Å². The Morgan fingerprint density at radius 3 is 2.47 bits per heavy atom. The lowest BCUT2D eigenvalue weighted by atomic mass is 10.1. The minimum absolute atomic E-state index is 0.105. The van der Waals surface area contributed by atoms with Gasteiger partial charge < -0.3 is 18.8 Å². The van der Waals surface area contributed by atoms with Gasteiger partial charge >= 0.3 is 0 Å². The van der Waals surface area contributed by atoms with Crippen LogP contribution in [0.2, 0.25) is 5.02 Å². The molecule has 0 saturated carbocycles. The molecule has 168 valence electrons. The number of methoxy groups -OCH3 is 2. The van der Waals surface area contributed by atoms with Gasteiger partial charge in [-0.05, 0) is 57.2 Å². The molecule has 3 rings (SSSR count). The van der Waals surface area contributed by atoms with Crippen LogP contribution >= 0.6 is 11.6 Å². The second kappa shape index (κ2) is 10.3. The van der Waals surface area contributed by atoms with Crippen LogP contribution in [-0.4, -0.2) is 41.3 Å². The Labute approximate surface area is 192 Å². The Morgan fingerprint density at radius 1 is 1.16 bits per heavy atom. The Kier molecular flexibility index (Phi) is 7.53. The van der Waals surface area contributed by atoms with Crippen LogP contribution in [0.5, 0.6) is 11.5 Å². The van der Waals surface area contributed by atoms with Crippen molar-refractivity contribution in [1.29, 1.82) is 0 Å². The first kappa shape index (κ1) is 23.3. The molecule has 0 fully saturated rings. The van der Waals surface area contributed by atoms with Crippen molar-refractivity contribution >= 4 is 23.6 Å². The van der Waals surface area contributed by atoms with Gasteiger partial charge in [0.2, 0.25) is 11.8 Å². The minimum Gasteiger partial charge on any atom is -0.493 e. The molecule has 3 aromatic rings. The van der Waals surface area contributed by atoms with Crippen LogP contribution in [0.25, 0.3) is 17.5 Å². The molecular weight excluding hydrogens is 430 g/mol. The third kappa shape index (κ3) is 5.11. The van der Waals surface area contributed by atoms with E-state index in [-0.39, 0.29) is 18.5 Å². The number of allylic oxidation sites excluding steroid dienone is 1. The highest BCUT2D eigenvalue weighted by Crippen LogP contribution is 2.34. The van der Waals surface area contributed by atoms with Gasteiger partial charge in [-0.15, -0.1) is 10.2 Å². The van der Waals surface area contributed by atoms with E-state index in [1.165, 1.54) is 0 Å². The summed E-state index contributed by atoms with van der Waals surface area (Å²) in [7, 11) is 3.11. The molecule has 32 heavy (non-hydrogen) atoms. The number of benzene rings is 2. The summed E-state index contributed by atoms with van der Waals surface area (Å²) in [5.74, 6) is 1.58. The van der Waals surface area contributed by atoms with Crippen LogP contribution in [0.4, 0.5) is 0 Å². The van der Waals surface area contributed by atoms with Crippen molar-refractivity contribution in [1.82, 2.24) is 15.1 Å². The molecule has 1 heterocycles. The summed E-state index contributed by atoms with van der Waals surface area (Å²) in [5, 5.41) is 8.85. The molecule has 0 saturated heterocycles. The summed E-state index contributed by atoms with van der Waals surface area (Å²) in [4.78, 5) is 15.1. The van der Waals surface area contributed by atoms with Gasteiger partial charge in [-0.2, -0.15) is 0 Å². The normalized spacial score (nSPS) is 11.2. The third-order valence-electron chi connectivity index (χ3n) is 4.85. The summed E-state index contributed by atoms with van der Waals surface area (Å²) in [6.07, 6.45) is 3.75. The van der Waals surface area contributed by atoms with E-state index in [2.05, 4.69) is 10.2 Å². The van der Waals surface area contributed by atoms with E-state index in [1.807, 2.05) is 32.9 Å². The quantitative estimate of drug-likeness (QED) is 0.447. The van der Waals surface area contributed by atoms with Crippen LogP contribution in [0.15, 0.2) is 46.9 Å². The van der Waals surface area contributed by atoms with Crippen molar-refractivity contribution in [3.63, 3.8) is 0 Å². The van der Waals surface area contributed by atoms with Gasteiger partial charge in [0.1, 0.15) is 0 Å². The first-order valence-electron chi connectivity index (χ1n) is 10.2. The zero-order valence-corrected chi connectivity index (χ0v) is 19.5. The SMILES string of the molecule is C/C=C/c1cc(C(=O)N(Cc2nnc(-c3ccc(Cl)cc3)o2)C(C)C)cc(OC)c1OC. The minimum atomic E-state index is -0.182. The van der Waals surface area contributed by atoms with Gasteiger partial charge in [0, 0.05) is 27.8 Å². The van der Waals surface area contributed by atoms with Gasteiger partial charge in [-0.1, -0.05) is 23.8 Å². The van der Waals surface area contributed by atoms with E-state index >= 15 is 0 Å². The van der Waals surface area contributed by atoms with Crippen molar-refractivity contribution in [3.05, 3.63) is 64.5 Å². The van der Waals surface area contributed by atoms with Gasteiger partial charge in [-0.25, -0.2) is 0 Å². The summed E-state index contributed by atoms with van der Waals surface area (Å²) < 4.78 is 16.7. The number of rotatable bonds is 8. The van der Waals surface area contributed by atoms with Crippen LogP contribution < -0.4 is 9.47 Å². The number of halogens is 1. The number of carbonyl (C=O) groups is 1. The van der Waals surface area contributed by atoms with Crippen molar-refractivity contribution in [2.45, 2.75) is 33.4 Å². The average Bonchev–Trinajstić information content (AvgIpc) is 3.25. The maximum Gasteiger partial charge on any atom is 0.254 e. The number of ether oxygens (including phenoxy) is 2. The fourth-order valence-corrected chi connectivity index (χ4v) is 3.37. The maximum atomic E-state index is 13.4. The van der Waals surface area contributed by atoms with Crippen molar-refractivity contribution in [2.75, 3.05) is 14.2 Å². The Balaban J connectivity index is 1.90. The lowest BCUT2D eigenvalue weighted by Crippen LogP contribution is -2.36. The molecule has 7 nitrogen and oxygen atoms in total. The average molecular weight is 456 g/mol. The van der Waals surface area contributed by atoms with E-state index in [9.17, 15) is 4.79 Å². The number of aromatic nitrogens is 2. The first-order valence-corrected chi connectivity index (χ1v) is 10.5. The molecule has 1 amide bonds. The fourth-order valence-electron chi connectivity index (χ4n) is 3.25. The molecular formula is C24H26ClN3O4. The lowest BCUT2D eigenvalue weighted by molar-refractivity contribution is 0.0672. The number of amides is 1. The van der Waals surface area contributed by atoms with Crippen LogP contribution in [0, 0.1) is 0 Å². The molecule has 0 bridgehead atoms. The lowest BCUT2D eigenvalue weighted by Gasteiger charge is -2.26. The topological polar surface area (TPSA) is 77.7 Å². The van der Waals surface area contributed by atoms with Crippen LogP contribution in [-0.2, 0) is 6.54 Å². The van der Waals surface area contributed by atoms with Crippen molar-refractivity contribution in [3.8, 4) is 23.0 Å². The Morgan fingerprint density at radius 2 is 1.88 bits per heavy atom. The highest BCUT2D eigenvalue weighted by atomic mass is 35.5. The standard InChI is InChI=1S/C24H26ClN3O4/c1-6-7-17-12-18(13-20(30-4)22(17)31-5)24(29)28(15(2)3)14-21-26-27-23(32-21)16-8-10-19(25)11-9-16/h6-13,15H,14H2,1-5H3/b7-6+. The predicted molar refractivity (Wildman–Crippen MR) is 124 cm³/mol. The third-order valence-corrected chi connectivity index (χ3v) is 5.10. The first-order chi connectivity index (χ1) is 15.4. The molecule has 0 spiro atoms. The predicted octanol–water partition coefficient (Wildman–Crippen LogP) is 5.49. The fraction of sp³-hybridized carbons (Fsp3) is 0.292. The molecule has 0 aliphatic rings. The molecule has 0 radical (unpaired) electrons. The summed E-state index contributed by atoms with van der Waals surface area (Å²) >= 11 is 5.94. The smallest absolute Gasteiger partial charge is 0.254 e. The molecule has 0 aliphatic heterocycles. The Bertz CT molecular complexity index is 1110. The monoisotopic (exact) mass is 455 g/mol. The van der Waals surface area contributed by atoms with Crippen molar-refractivity contribution < 1.29 is 18.7 Å². The second-order valence-corrected chi connectivity index (χ2v) is 7.77. The number of hydrogen-bond donors (Lipinski definition) is 0. The van der Waals surface area contributed by atoms with Gasteiger partial charge in [0.05, 0.1) is 20.8 Å². The molecule has 1 aromatic heterocycles. The van der Waals surface area contributed by atoms with E-state index < -0.39 is 0 Å². The number of nitrogens with zero attached hydrogens (tertiary/aromatic N) is 3. The molecule has 8 heteroatoms. The number of hydrogen-bond acceptors (Lipinski definition) is 6. The number of carbonyl (C=O) groups excluding carboxylic acids is 1. The van der Waals surface area contributed by atoms with Crippen molar-refractivity contribution in [2.24, 2.45) is 0 Å².